The molecule has 0 saturated carbocycles. The van der Waals surface area contributed by atoms with E-state index < -0.39 is 0 Å². The Kier molecular flexibility index (Phi) is 7.31. The molecule has 0 radical (unpaired) electrons. The molecule has 0 unspecified atom stereocenters. The van der Waals surface area contributed by atoms with Gasteiger partial charge in [0.05, 0.1) is 11.1 Å². The van der Waals surface area contributed by atoms with Crippen LogP contribution in [0.1, 0.15) is 63.9 Å². The van der Waals surface area contributed by atoms with Gasteiger partial charge in [-0.15, -0.1) is 22.7 Å². The molecule has 5 rings (SSSR count). The van der Waals surface area contributed by atoms with Gasteiger partial charge in [0.15, 0.2) is 0 Å². The molecule has 1 atom stereocenters. The zero-order valence-electron chi connectivity index (χ0n) is 21.5. The Balaban J connectivity index is 1.41. The smallest absolute Gasteiger partial charge is 0.257 e. The van der Waals surface area contributed by atoms with Crippen LogP contribution < -0.4 is 10.6 Å². The van der Waals surface area contributed by atoms with E-state index in [2.05, 4.69) is 31.4 Å². The molecule has 2 heterocycles. The van der Waals surface area contributed by atoms with Gasteiger partial charge in [-0.2, -0.15) is 0 Å². The van der Waals surface area contributed by atoms with Crippen LogP contribution in [0.3, 0.4) is 0 Å². The molecule has 4 nitrogen and oxygen atoms in total. The summed E-state index contributed by atoms with van der Waals surface area (Å²) in [5.74, 6) is 0.296. The molecule has 4 aromatic rings. The van der Waals surface area contributed by atoms with Crippen molar-refractivity contribution in [3.05, 3.63) is 98.6 Å². The third-order valence-corrected chi connectivity index (χ3v) is 9.20. The second-order valence-corrected chi connectivity index (χ2v) is 12.5. The maximum absolute atomic E-state index is 13.5. The molecular formula is C31H32N2O2S2. The highest BCUT2D eigenvalue weighted by molar-refractivity contribution is 7.15. The molecule has 6 heteroatoms. The van der Waals surface area contributed by atoms with E-state index in [9.17, 15) is 9.59 Å². The van der Waals surface area contributed by atoms with Crippen LogP contribution in [0.2, 0.25) is 0 Å². The molecule has 0 spiro atoms. The first-order chi connectivity index (χ1) is 17.8. The van der Waals surface area contributed by atoms with E-state index in [1.54, 1.807) is 11.3 Å². The summed E-state index contributed by atoms with van der Waals surface area (Å²) in [5, 5.41) is 10.7. The van der Waals surface area contributed by atoms with Crippen LogP contribution >= 0.6 is 22.7 Å². The molecular weight excluding hydrogens is 496 g/mol. The average Bonchev–Trinajstić information content (AvgIpc) is 3.52. The number of carbonyl (C=O) groups excluding carboxylic acids is 2. The number of benzene rings is 2. The molecule has 1 aliphatic carbocycles. The van der Waals surface area contributed by atoms with Crippen molar-refractivity contribution < 1.29 is 9.59 Å². The lowest BCUT2D eigenvalue weighted by Crippen LogP contribution is -2.27. The number of amides is 2. The maximum atomic E-state index is 13.5. The molecule has 2 aromatic heterocycles. The fourth-order valence-electron chi connectivity index (χ4n) is 4.98. The summed E-state index contributed by atoms with van der Waals surface area (Å²) in [6.07, 6.45) is 3.05. The predicted octanol–water partition coefficient (Wildman–Crippen LogP) is 7.81. The Labute approximate surface area is 226 Å². The number of thiophene rings is 2. The Hall–Kier alpha value is -3.22. The van der Waals surface area contributed by atoms with Gasteiger partial charge in [0, 0.05) is 27.7 Å². The lowest BCUT2D eigenvalue weighted by Gasteiger charge is -2.34. The van der Waals surface area contributed by atoms with Crippen molar-refractivity contribution in [2.75, 3.05) is 5.32 Å². The fourth-order valence-corrected chi connectivity index (χ4v) is 7.11. The van der Waals surface area contributed by atoms with Crippen LogP contribution in [-0.2, 0) is 19.4 Å². The summed E-state index contributed by atoms with van der Waals surface area (Å²) in [4.78, 5) is 28.3. The lowest BCUT2D eigenvalue weighted by atomic mass is 9.72. The molecule has 2 N–H and O–H groups in total. The monoisotopic (exact) mass is 528 g/mol. The van der Waals surface area contributed by atoms with Gasteiger partial charge >= 0.3 is 0 Å². The number of hydrogen-bond donors (Lipinski definition) is 2. The molecule has 0 fully saturated rings. The lowest BCUT2D eigenvalue weighted by molar-refractivity contribution is 0.0953. The van der Waals surface area contributed by atoms with Crippen molar-refractivity contribution in [2.45, 2.75) is 46.6 Å². The highest BCUT2D eigenvalue weighted by Crippen LogP contribution is 2.41. The van der Waals surface area contributed by atoms with Crippen molar-refractivity contribution in [2.24, 2.45) is 11.3 Å². The molecule has 1 aliphatic rings. The van der Waals surface area contributed by atoms with Crippen LogP contribution in [0, 0.1) is 11.3 Å². The number of anilines is 1. The Morgan fingerprint density at radius 1 is 0.919 bits per heavy atom. The Morgan fingerprint density at radius 3 is 2.32 bits per heavy atom. The largest absolute Gasteiger partial charge is 0.348 e. The predicted molar refractivity (Wildman–Crippen MR) is 155 cm³/mol. The van der Waals surface area contributed by atoms with E-state index in [1.165, 1.54) is 21.8 Å². The minimum absolute atomic E-state index is 0.134. The highest BCUT2D eigenvalue weighted by Gasteiger charge is 2.32. The van der Waals surface area contributed by atoms with Crippen molar-refractivity contribution in [3.63, 3.8) is 0 Å². The first-order valence-electron chi connectivity index (χ1n) is 12.7. The zero-order valence-corrected chi connectivity index (χ0v) is 23.1. The highest BCUT2D eigenvalue weighted by atomic mass is 32.1. The van der Waals surface area contributed by atoms with Crippen molar-refractivity contribution in [1.82, 2.24) is 5.32 Å². The maximum Gasteiger partial charge on any atom is 0.257 e. The molecule has 0 aliphatic heterocycles. The quantitative estimate of drug-likeness (QED) is 0.268. The van der Waals surface area contributed by atoms with Crippen LogP contribution in [0.4, 0.5) is 5.00 Å². The van der Waals surface area contributed by atoms with Gasteiger partial charge in [-0.3, -0.25) is 9.59 Å². The number of rotatable bonds is 6. The molecule has 2 aromatic carbocycles. The van der Waals surface area contributed by atoms with Gasteiger partial charge in [0.2, 0.25) is 0 Å². The standard InChI is InChI=1S/C31H32N2O2S2/c1-31(2,3)22-14-15-23-25(19-36-26(23)16-22)28(34)33-30-27(24(18-37-30)21-12-8-5-9-13-21)29(35)32-17-20-10-6-4-7-11-20/h4-13,18-19,22H,14-17H2,1-3H3,(H,32,35)(H,33,34)/t22-/m0/s1. The fraction of sp³-hybridized carbons (Fsp3) is 0.290. The van der Waals surface area contributed by atoms with Crippen molar-refractivity contribution in [1.29, 1.82) is 0 Å². The summed E-state index contributed by atoms with van der Waals surface area (Å²) < 4.78 is 0. The number of fused-ring (bicyclic) bond motifs is 1. The molecule has 0 saturated heterocycles. The van der Waals surface area contributed by atoms with Gasteiger partial charge in [-0.1, -0.05) is 81.4 Å². The average molecular weight is 529 g/mol. The SMILES string of the molecule is CC(C)(C)[C@H]1CCc2c(C(=O)Nc3scc(-c4ccccc4)c3C(=O)NCc3ccccc3)csc2C1. The van der Waals surface area contributed by atoms with Crippen LogP contribution in [-0.4, -0.2) is 11.8 Å². The Morgan fingerprint density at radius 2 is 1.62 bits per heavy atom. The second kappa shape index (κ2) is 10.6. The van der Waals surface area contributed by atoms with E-state index in [4.69, 9.17) is 0 Å². The normalized spacial score (nSPS) is 15.2. The molecule has 37 heavy (non-hydrogen) atoms. The van der Waals surface area contributed by atoms with Gasteiger partial charge in [-0.25, -0.2) is 0 Å². The third-order valence-electron chi connectivity index (χ3n) is 7.25. The van der Waals surface area contributed by atoms with E-state index in [1.807, 2.05) is 71.4 Å². The second-order valence-electron chi connectivity index (χ2n) is 10.7. The van der Waals surface area contributed by atoms with Gasteiger partial charge in [0.1, 0.15) is 5.00 Å². The van der Waals surface area contributed by atoms with Gasteiger partial charge in [0.25, 0.3) is 11.8 Å². The van der Waals surface area contributed by atoms with E-state index >= 15 is 0 Å². The molecule has 0 bridgehead atoms. The summed E-state index contributed by atoms with van der Waals surface area (Å²) in [7, 11) is 0. The van der Waals surface area contributed by atoms with E-state index in [0.29, 0.717) is 23.0 Å². The number of nitrogens with one attached hydrogen (secondary N) is 2. The third kappa shape index (κ3) is 5.55. The van der Waals surface area contributed by atoms with Gasteiger partial charge in [-0.05, 0) is 47.3 Å². The number of carbonyl (C=O) groups is 2. The summed E-state index contributed by atoms with van der Waals surface area (Å²) >= 11 is 3.09. The molecule has 2 amide bonds. The number of hydrogen-bond acceptors (Lipinski definition) is 4. The van der Waals surface area contributed by atoms with Crippen LogP contribution in [0.5, 0.6) is 0 Å². The zero-order chi connectivity index (χ0) is 26.0. The van der Waals surface area contributed by atoms with E-state index in [0.717, 1.165) is 41.5 Å². The first kappa shape index (κ1) is 25.4. The van der Waals surface area contributed by atoms with Crippen molar-refractivity contribution >= 4 is 39.5 Å². The van der Waals surface area contributed by atoms with Crippen LogP contribution in [0.25, 0.3) is 11.1 Å². The van der Waals surface area contributed by atoms with Crippen molar-refractivity contribution in [3.8, 4) is 11.1 Å². The Bertz CT molecular complexity index is 1400. The summed E-state index contributed by atoms with van der Waals surface area (Å²) in [5.41, 5.74) is 5.50. The van der Waals surface area contributed by atoms with Crippen LogP contribution in [0.15, 0.2) is 71.4 Å². The molecule has 190 valence electrons. The van der Waals surface area contributed by atoms with Gasteiger partial charge < -0.3 is 10.6 Å². The first-order valence-corrected chi connectivity index (χ1v) is 14.5. The summed E-state index contributed by atoms with van der Waals surface area (Å²) in [6, 6.07) is 19.7. The van der Waals surface area contributed by atoms with E-state index in [-0.39, 0.29) is 17.2 Å². The summed E-state index contributed by atoms with van der Waals surface area (Å²) in [6.45, 7) is 7.32. The minimum Gasteiger partial charge on any atom is -0.348 e. The topological polar surface area (TPSA) is 58.2 Å². The minimum atomic E-state index is -0.195.